The van der Waals surface area contributed by atoms with E-state index in [1.807, 2.05) is 24.3 Å². The third-order valence-corrected chi connectivity index (χ3v) is 10.5. The molecule has 1 aromatic heterocycles. The Morgan fingerprint density at radius 3 is 2.47 bits per heavy atom. The summed E-state index contributed by atoms with van der Waals surface area (Å²) < 4.78 is 70.5. The molecule has 0 saturated carbocycles. The van der Waals surface area contributed by atoms with Gasteiger partial charge in [0.1, 0.15) is 5.82 Å². The summed E-state index contributed by atoms with van der Waals surface area (Å²) >= 11 is 7.75. The smallest absolute Gasteiger partial charge is 0.368 e. The fourth-order valence-electron chi connectivity index (χ4n) is 5.82. The molecule has 0 aliphatic carbocycles. The van der Waals surface area contributed by atoms with Crippen molar-refractivity contribution in [2.75, 3.05) is 79.8 Å². The fourth-order valence-corrected chi connectivity index (χ4v) is 7.51. The number of hydrogen-bond acceptors (Lipinski definition) is 11. The molecule has 2 atom stereocenters. The molecule has 4 aliphatic heterocycles. The molecule has 1 aromatic carbocycles. The summed E-state index contributed by atoms with van der Waals surface area (Å²) in [4.78, 5) is 31.6. The van der Waals surface area contributed by atoms with Crippen LogP contribution in [0.15, 0.2) is 29.2 Å². The third-order valence-electron chi connectivity index (χ3n) is 8.12. The average Bonchev–Trinajstić information content (AvgIpc) is 3.50. The number of thioether (sulfide) groups is 1. The van der Waals surface area contributed by atoms with Crippen LogP contribution in [0.3, 0.4) is 0 Å². The second kappa shape index (κ2) is 13.2. The second-order valence-corrected chi connectivity index (χ2v) is 14.3. The zero-order valence-electron chi connectivity index (χ0n) is 24.2. The third kappa shape index (κ3) is 7.32. The van der Waals surface area contributed by atoms with Gasteiger partial charge in [0, 0.05) is 74.7 Å². The highest BCUT2D eigenvalue weighted by atomic mass is 35.5. The van der Waals surface area contributed by atoms with Gasteiger partial charge in [0.15, 0.2) is 6.29 Å². The predicted octanol–water partition coefficient (Wildman–Crippen LogP) is 3.63. The molecule has 2 amide bonds. The molecule has 3 saturated heterocycles. The number of carbonyl (C=O) groups is 1. The van der Waals surface area contributed by atoms with E-state index in [0.29, 0.717) is 30.5 Å². The van der Waals surface area contributed by atoms with Crippen molar-refractivity contribution >= 4 is 57.0 Å². The number of likely N-dealkylation sites (tertiary alicyclic amines) is 1. The van der Waals surface area contributed by atoms with Crippen molar-refractivity contribution in [1.29, 1.82) is 0 Å². The fraction of sp³-hybridized carbons (Fsp3) is 0.593. The van der Waals surface area contributed by atoms with E-state index in [4.69, 9.17) is 26.3 Å². The Hall–Kier alpha value is -2.73. The van der Waals surface area contributed by atoms with Gasteiger partial charge in [-0.1, -0.05) is 11.6 Å². The monoisotopic (exact) mass is 691 g/mol. The largest absolute Gasteiger partial charge is 0.523 e. The van der Waals surface area contributed by atoms with Crippen molar-refractivity contribution in [3.63, 3.8) is 0 Å². The lowest BCUT2D eigenvalue weighted by atomic mass is 10.1. The zero-order chi connectivity index (χ0) is 31.8. The van der Waals surface area contributed by atoms with Crippen molar-refractivity contribution in [3.8, 4) is 0 Å². The summed E-state index contributed by atoms with van der Waals surface area (Å²) in [7, 11) is -5.86. The van der Waals surface area contributed by atoms with Gasteiger partial charge >= 0.3 is 21.7 Å². The maximum Gasteiger partial charge on any atom is 0.523 e. The minimum Gasteiger partial charge on any atom is -0.368 e. The van der Waals surface area contributed by atoms with Crippen molar-refractivity contribution in [2.24, 2.45) is 0 Å². The van der Waals surface area contributed by atoms with Crippen LogP contribution in [0.2, 0.25) is 5.02 Å². The van der Waals surface area contributed by atoms with Gasteiger partial charge in [-0.15, -0.1) is 11.8 Å². The number of alkyl halides is 3. The number of piperidine rings is 1. The molecule has 3 fully saturated rings. The number of morpholine rings is 1. The first-order chi connectivity index (χ1) is 21.5. The SMILES string of the molecule is O=C(N1CCCC(Nc2nc(N3CCN(c4ccc(Cl)cc4)CC3)nc3c2SCC3)C1)N1CCOC(OS(=O)(=O)C(F)(F)F)C1. The van der Waals surface area contributed by atoms with Crippen LogP contribution < -0.4 is 15.1 Å². The Bertz CT molecular complexity index is 1500. The first-order valence-corrected chi connectivity index (χ1v) is 17.4. The number of nitrogens with zero attached hydrogens (tertiary/aromatic N) is 6. The molecule has 246 valence electrons. The Kier molecular flexibility index (Phi) is 9.43. The molecule has 12 nitrogen and oxygen atoms in total. The van der Waals surface area contributed by atoms with Gasteiger partial charge in [-0.05, 0) is 37.1 Å². The molecule has 0 radical (unpaired) electrons. The molecule has 2 aromatic rings. The van der Waals surface area contributed by atoms with E-state index < -0.39 is 34.5 Å². The van der Waals surface area contributed by atoms with E-state index in [1.165, 1.54) is 4.90 Å². The molecule has 5 heterocycles. The number of halogens is 4. The first-order valence-electron chi connectivity index (χ1n) is 14.7. The highest BCUT2D eigenvalue weighted by molar-refractivity contribution is 7.99. The summed E-state index contributed by atoms with van der Waals surface area (Å²) in [5.74, 6) is 2.33. The number of fused-ring (bicyclic) bond motifs is 1. The molecule has 45 heavy (non-hydrogen) atoms. The van der Waals surface area contributed by atoms with E-state index in [2.05, 4.69) is 19.3 Å². The Morgan fingerprint density at radius 2 is 1.73 bits per heavy atom. The molecular formula is C27H33ClF3N7O5S2. The van der Waals surface area contributed by atoms with Gasteiger partial charge in [0.05, 0.1) is 23.7 Å². The normalized spacial score (nSPS) is 22.8. The van der Waals surface area contributed by atoms with Crippen LogP contribution in [-0.2, 0) is 25.5 Å². The maximum absolute atomic E-state index is 13.3. The van der Waals surface area contributed by atoms with Crippen LogP contribution in [0.5, 0.6) is 0 Å². The van der Waals surface area contributed by atoms with Crippen molar-refractivity contribution in [3.05, 3.63) is 35.0 Å². The lowest BCUT2D eigenvalue weighted by Gasteiger charge is -2.39. The number of urea groups is 1. The minimum absolute atomic E-state index is 0.101. The molecule has 2 unspecified atom stereocenters. The summed E-state index contributed by atoms with van der Waals surface area (Å²) in [6.07, 6.45) is 0.603. The Labute approximate surface area is 268 Å². The van der Waals surface area contributed by atoms with Crippen LogP contribution >= 0.6 is 23.4 Å². The molecule has 0 bridgehead atoms. The number of anilines is 3. The number of ether oxygens (including phenoxy) is 1. The number of piperazine rings is 1. The predicted molar refractivity (Wildman–Crippen MR) is 163 cm³/mol. The van der Waals surface area contributed by atoms with E-state index in [-0.39, 0.29) is 19.2 Å². The lowest BCUT2D eigenvalue weighted by Crippen LogP contribution is -2.55. The summed E-state index contributed by atoms with van der Waals surface area (Å²) in [5.41, 5.74) is -3.46. The molecule has 18 heteroatoms. The van der Waals surface area contributed by atoms with Gasteiger partial charge in [0.25, 0.3) is 0 Å². The molecule has 4 aliphatic rings. The van der Waals surface area contributed by atoms with Gasteiger partial charge in [-0.3, -0.25) is 0 Å². The molecular weight excluding hydrogens is 659 g/mol. The maximum atomic E-state index is 13.3. The van der Waals surface area contributed by atoms with E-state index in [0.717, 1.165) is 66.9 Å². The Morgan fingerprint density at radius 1 is 1.02 bits per heavy atom. The summed E-state index contributed by atoms with van der Waals surface area (Å²) in [6.45, 7) is 3.46. The second-order valence-electron chi connectivity index (χ2n) is 11.2. The number of amides is 2. The van der Waals surface area contributed by atoms with Crippen LogP contribution in [0.4, 0.5) is 35.4 Å². The number of aromatic nitrogens is 2. The lowest BCUT2D eigenvalue weighted by molar-refractivity contribution is -0.133. The molecule has 1 N–H and O–H groups in total. The molecule has 0 spiro atoms. The van der Waals surface area contributed by atoms with E-state index in [9.17, 15) is 26.4 Å². The number of hydrogen-bond donors (Lipinski definition) is 1. The number of benzene rings is 1. The van der Waals surface area contributed by atoms with Crippen LogP contribution in [0, 0.1) is 0 Å². The average molecular weight is 692 g/mol. The minimum atomic E-state index is -5.86. The number of nitrogens with one attached hydrogen (secondary N) is 1. The van der Waals surface area contributed by atoms with Crippen molar-refractivity contribution in [1.82, 2.24) is 19.8 Å². The number of carbonyl (C=O) groups excluding carboxylic acids is 1. The topological polar surface area (TPSA) is 120 Å². The van der Waals surface area contributed by atoms with Gasteiger partial charge in [-0.25, -0.2) is 14.0 Å². The quantitative estimate of drug-likeness (QED) is 0.353. The number of aryl methyl sites for hydroxylation is 1. The van der Waals surface area contributed by atoms with Crippen molar-refractivity contribution in [2.45, 2.75) is 42.0 Å². The van der Waals surface area contributed by atoms with Crippen LogP contribution in [-0.4, -0.2) is 117 Å². The van der Waals surface area contributed by atoms with Gasteiger partial charge < -0.3 is 29.7 Å². The van der Waals surface area contributed by atoms with Gasteiger partial charge in [-0.2, -0.15) is 26.6 Å². The highest BCUT2D eigenvalue weighted by Gasteiger charge is 2.49. The van der Waals surface area contributed by atoms with Crippen molar-refractivity contribution < 1.29 is 35.3 Å². The zero-order valence-corrected chi connectivity index (χ0v) is 26.6. The van der Waals surface area contributed by atoms with E-state index in [1.54, 1.807) is 16.7 Å². The molecule has 6 rings (SSSR count). The summed E-state index contributed by atoms with van der Waals surface area (Å²) in [5, 5.41) is 4.26. The standard InChI is InChI=1S/C27H33ClF3N7O5S2/c28-18-3-5-20(6-4-18)35-9-11-36(12-10-35)25-33-21-7-15-44-23(21)24(34-25)32-19-2-1-8-37(16-19)26(39)38-13-14-42-22(17-38)43-45(40,41)27(29,30)31/h3-6,19,22H,1-2,7-17H2,(H,32,33,34). The highest BCUT2D eigenvalue weighted by Crippen LogP contribution is 2.38. The van der Waals surface area contributed by atoms with Gasteiger partial charge in [0.2, 0.25) is 5.95 Å². The first kappa shape index (κ1) is 32.2. The number of rotatable bonds is 6. The van der Waals surface area contributed by atoms with Crippen LogP contribution in [0.1, 0.15) is 18.5 Å². The van der Waals surface area contributed by atoms with Crippen LogP contribution in [0.25, 0.3) is 0 Å². The van der Waals surface area contributed by atoms with E-state index >= 15 is 0 Å². The summed E-state index contributed by atoms with van der Waals surface area (Å²) in [6, 6.07) is 7.29. The Balaban J connectivity index is 1.09.